The second kappa shape index (κ2) is 28.8. The minimum Gasteiger partial charge on any atom is -0.0622 e. The van der Waals surface area contributed by atoms with Gasteiger partial charge in [0.2, 0.25) is 0 Å². The van der Waals surface area contributed by atoms with Crippen LogP contribution in [0.5, 0.6) is 0 Å². The molecule has 0 saturated heterocycles. The molecule has 0 spiro atoms. The lowest BCUT2D eigenvalue weighted by atomic mass is 9.84. The van der Waals surface area contributed by atoms with Gasteiger partial charge in [-0.1, -0.05) is 362 Å². The molecule has 0 N–H and O–H groups in total. The fourth-order valence-electron chi connectivity index (χ4n) is 12.7. The van der Waals surface area contributed by atoms with Crippen LogP contribution in [-0.4, -0.2) is 0 Å². The summed E-state index contributed by atoms with van der Waals surface area (Å²) in [6.07, 6.45) is 0. The molecule has 0 aromatic heterocycles. The normalized spacial score (nSPS) is 10.7. The SMILES string of the molecule is Cc1cccc(-c2c(-c3ccccc3)cc(-c3ccccc3)cc2-c2ccccc2)c1.Cc1cccc(-c2cc(-c3ccccc3)c(-c3ccccc3)c(-c3ccccc3)c2)c1.Cc1cccc(-c2cc(-c3ccccc3)cc(-c3ccccc3)c2-c2ccccc2)c1. The summed E-state index contributed by atoms with van der Waals surface area (Å²) in [7, 11) is 0. The van der Waals surface area contributed by atoms with Gasteiger partial charge in [-0.2, -0.15) is 0 Å². The van der Waals surface area contributed by atoms with Crippen LogP contribution >= 0.6 is 0 Å². The van der Waals surface area contributed by atoms with Crippen LogP contribution in [-0.2, 0) is 0 Å². The number of hydrogen-bond donors (Lipinski definition) is 0. The summed E-state index contributed by atoms with van der Waals surface area (Å²) >= 11 is 0. The number of hydrogen-bond acceptors (Lipinski definition) is 0. The molecule has 444 valence electrons. The van der Waals surface area contributed by atoms with Gasteiger partial charge in [-0.3, -0.25) is 0 Å². The molecule has 0 radical (unpaired) electrons. The third kappa shape index (κ3) is 14.2. The quantitative estimate of drug-likeness (QED) is 0.114. The van der Waals surface area contributed by atoms with Crippen LogP contribution in [0.4, 0.5) is 0 Å². The lowest BCUT2D eigenvalue weighted by Gasteiger charge is -2.19. The Morgan fingerprint density at radius 3 is 0.581 bits per heavy atom. The molecular weight excluding hydrogens is 1120 g/mol. The van der Waals surface area contributed by atoms with Crippen molar-refractivity contribution in [1.82, 2.24) is 0 Å². The molecule has 0 nitrogen and oxygen atoms in total. The van der Waals surface area contributed by atoms with Crippen molar-refractivity contribution in [2.75, 3.05) is 0 Å². The van der Waals surface area contributed by atoms with E-state index < -0.39 is 0 Å². The van der Waals surface area contributed by atoms with Gasteiger partial charge < -0.3 is 0 Å². The summed E-state index contributed by atoms with van der Waals surface area (Å²) in [5.41, 5.74) is 33.7. The Labute approximate surface area is 549 Å². The molecule has 0 fully saturated rings. The first-order valence-corrected chi connectivity index (χ1v) is 32.1. The minimum atomic E-state index is 1.23. The van der Waals surface area contributed by atoms with E-state index in [1.807, 2.05) is 0 Å². The van der Waals surface area contributed by atoms with E-state index in [0.717, 1.165) is 0 Å². The molecule has 0 aliphatic rings. The summed E-state index contributed by atoms with van der Waals surface area (Å²) in [5, 5.41) is 0. The first-order valence-electron chi connectivity index (χ1n) is 32.1. The van der Waals surface area contributed by atoms with Crippen molar-refractivity contribution in [1.29, 1.82) is 0 Å². The van der Waals surface area contributed by atoms with Crippen LogP contribution in [0.15, 0.2) is 382 Å². The van der Waals surface area contributed by atoms with Crippen LogP contribution in [0.3, 0.4) is 0 Å². The Kier molecular flexibility index (Phi) is 18.7. The largest absolute Gasteiger partial charge is 0.0622 e. The molecule has 0 amide bonds. The van der Waals surface area contributed by atoms with Crippen LogP contribution in [0.2, 0.25) is 0 Å². The van der Waals surface area contributed by atoms with Crippen LogP contribution in [0.1, 0.15) is 16.7 Å². The summed E-state index contributed by atoms with van der Waals surface area (Å²) in [5.74, 6) is 0. The standard InChI is InChI=1S/3C31H24/c1-23-12-11-19-27(20-23)28-21-29(24-13-5-2-6-14-24)31(26-17-9-4-10-18-26)30(22-28)25-15-7-3-8-16-25;1-23-12-11-19-27(20-23)30-22-28(24-13-5-2-6-14-24)21-29(25-15-7-3-8-16-25)31(30)26-17-9-4-10-18-26;1-23-12-11-19-27(20-23)31-29(25-15-7-3-8-16-25)21-28(24-13-5-2-6-14-24)22-30(31)26-17-9-4-10-18-26/h3*2-22H,1H3. The van der Waals surface area contributed by atoms with Gasteiger partial charge in [0.15, 0.2) is 0 Å². The number of rotatable bonds is 12. The fourth-order valence-corrected chi connectivity index (χ4v) is 12.7. The van der Waals surface area contributed by atoms with E-state index in [2.05, 4.69) is 403 Å². The molecule has 15 rings (SSSR count). The first-order chi connectivity index (χ1) is 45.9. The monoisotopic (exact) mass is 1190 g/mol. The van der Waals surface area contributed by atoms with E-state index in [9.17, 15) is 0 Å². The first kappa shape index (κ1) is 60.2. The maximum Gasteiger partial charge on any atom is -0.00263 e. The summed E-state index contributed by atoms with van der Waals surface area (Å²) in [4.78, 5) is 0. The topological polar surface area (TPSA) is 0 Å². The average Bonchev–Trinajstić information content (AvgIpc) is 0.838. The highest BCUT2D eigenvalue weighted by atomic mass is 14.2. The van der Waals surface area contributed by atoms with Gasteiger partial charge in [0.1, 0.15) is 0 Å². The zero-order valence-corrected chi connectivity index (χ0v) is 52.9. The predicted molar refractivity (Wildman–Crippen MR) is 399 cm³/mol. The molecule has 0 saturated carbocycles. The van der Waals surface area contributed by atoms with E-state index in [0.29, 0.717) is 0 Å². The maximum absolute atomic E-state index is 2.35. The summed E-state index contributed by atoms with van der Waals surface area (Å²) < 4.78 is 0. The molecule has 15 aromatic carbocycles. The van der Waals surface area contributed by atoms with Crippen molar-refractivity contribution in [3.05, 3.63) is 399 Å². The molecule has 0 heterocycles. The van der Waals surface area contributed by atoms with E-state index in [1.54, 1.807) is 0 Å². The highest BCUT2D eigenvalue weighted by molar-refractivity contribution is 6.01. The van der Waals surface area contributed by atoms with Gasteiger partial charge in [0.05, 0.1) is 0 Å². The smallest absolute Gasteiger partial charge is 0.00263 e. The van der Waals surface area contributed by atoms with Gasteiger partial charge in [-0.15, -0.1) is 0 Å². The zero-order valence-electron chi connectivity index (χ0n) is 52.9. The average molecular weight is 1190 g/mol. The fraction of sp³-hybridized carbons (Fsp3) is 0.0323. The third-order valence-electron chi connectivity index (χ3n) is 17.2. The van der Waals surface area contributed by atoms with Crippen molar-refractivity contribution >= 4 is 0 Å². The van der Waals surface area contributed by atoms with Gasteiger partial charge >= 0.3 is 0 Å². The van der Waals surface area contributed by atoms with Crippen molar-refractivity contribution < 1.29 is 0 Å². The zero-order chi connectivity index (χ0) is 63.1. The van der Waals surface area contributed by atoms with Crippen LogP contribution < -0.4 is 0 Å². The van der Waals surface area contributed by atoms with E-state index in [4.69, 9.17) is 0 Å². The Balaban J connectivity index is 0.000000127. The molecule has 0 atom stereocenters. The number of aryl methyl sites for hydroxylation is 3. The van der Waals surface area contributed by atoms with Gasteiger partial charge in [-0.05, 0) is 191 Å². The summed E-state index contributed by atoms with van der Waals surface area (Å²) in [6.45, 7) is 6.47. The lowest BCUT2D eigenvalue weighted by molar-refractivity contribution is 1.46. The molecule has 0 heteroatoms. The second-order valence-corrected chi connectivity index (χ2v) is 23.7. The van der Waals surface area contributed by atoms with E-state index >= 15 is 0 Å². The lowest BCUT2D eigenvalue weighted by Crippen LogP contribution is -1.93. The highest BCUT2D eigenvalue weighted by Crippen LogP contribution is 2.47. The van der Waals surface area contributed by atoms with Crippen molar-refractivity contribution in [2.24, 2.45) is 0 Å². The highest BCUT2D eigenvalue weighted by Gasteiger charge is 2.21. The van der Waals surface area contributed by atoms with Crippen molar-refractivity contribution in [3.63, 3.8) is 0 Å². The Morgan fingerprint density at radius 2 is 0.301 bits per heavy atom. The van der Waals surface area contributed by atoms with Gasteiger partial charge in [-0.25, -0.2) is 0 Å². The summed E-state index contributed by atoms with van der Waals surface area (Å²) in [6, 6.07) is 137. The number of benzene rings is 15. The Morgan fingerprint density at radius 1 is 0.118 bits per heavy atom. The van der Waals surface area contributed by atoms with Gasteiger partial charge in [0, 0.05) is 0 Å². The maximum atomic E-state index is 2.35. The molecule has 0 unspecified atom stereocenters. The van der Waals surface area contributed by atoms with E-state index in [-0.39, 0.29) is 0 Å². The molecule has 0 aliphatic carbocycles. The van der Waals surface area contributed by atoms with Crippen molar-refractivity contribution in [3.8, 4) is 134 Å². The Bertz CT molecular complexity index is 4730. The van der Waals surface area contributed by atoms with Crippen LogP contribution in [0.25, 0.3) is 134 Å². The molecule has 0 bridgehead atoms. The third-order valence-corrected chi connectivity index (χ3v) is 17.2. The second-order valence-electron chi connectivity index (χ2n) is 23.7. The van der Waals surface area contributed by atoms with Crippen molar-refractivity contribution in [2.45, 2.75) is 20.8 Å². The minimum absolute atomic E-state index is 1.23. The van der Waals surface area contributed by atoms with E-state index in [1.165, 1.54) is 150 Å². The molecular formula is C93H72. The molecule has 15 aromatic rings. The van der Waals surface area contributed by atoms with Crippen LogP contribution in [0, 0.1) is 20.8 Å². The Hall–Kier alpha value is -11.7. The van der Waals surface area contributed by atoms with Gasteiger partial charge in [0.25, 0.3) is 0 Å². The predicted octanol–water partition coefficient (Wildman–Crippen LogP) is 26.0. The molecule has 0 aliphatic heterocycles. The molecule has 93 heavy (non-hydrogen) atoms.